The second kappa shape index (κ2) is 1.75. The Hall–Kier alpha value is -0.660. The lowest BCUT2D eigenvalue weighted by Crippen LogP contribution is -2.26. The fourth-order valence-electron chi connectivity index (χ4n) is 4.88. The summed E-state index contributed by atoms with van der Waals surface area (Å²) in [5.41, 5.74) is 0. The third-order valence-electron chi connectivity index (χ3n) is 5.12. The molecule has 4 saturated carbocycles. The molecular weight excluding hydrogens is 164 g/mol. The number of rotatable bonds is 0. The fraction of sp³-hybridized carbons (Fsp3) is 0.818. The fourth-order valence-corrected chi connectivity index (χ4v) is 4.88. The van der Waals surface area contributed by atoms with E-state index < -0.39 is 0 Å². The van der Waals surface area contributed by atoms with Crippen molar-refractivity contribution >= 4 is 11.6 Å². The van der Waals surface area contributed by atoms with E-state index in [1.54, 1.807) is 0 Å². The lowest BCUT2D eigenvalue weighted by atomic mass is 9.79. The molecule has 0 heterocycles. The van der Waals surface area contributed by atoms with Gasteiger partial charge < -0.3 is 0 Å². The molecule has 0 aromatic heterocycles. The maximum absolute atomic E-state index is 11.7. The van der Waals surface area contributed by atoms with Crippen molar-refractivity contribution in [1.29, 1.82) is 0 Å². The van der Waals surface area contributed by atoms with Crippen LogP contribution in [0.25, 0.3) is 0 Å². The zero-order chi connectivity index (χ0) is 8.74. The number of Topliss-reactive ketones (excluding diaryl/α,β-unsaturated/α-hetero) is 2. The molecule has 2 heteroatoms. The molecule has 2 bridgehead atoms. The van der Waals surface area contributed by atoms with Crippen molar-refractivity contribution in [3.8, 4) is 0 Å². The molecule has 4 aliphatic rings. The summed E-state index contributed by atoms with van der Waals surface area (Å²) in [5.74, 6) is 3.67. The minimum atomic E-state index is 0.182. The summed E-state index contributed by atoms with van der Waals surface area (Å²) in [6.07, 6.45) is 2.81. The summed E-state index contributed by atoms with van der Waals surface area (Å²) in [6.45, 7) is 0. The minimum absolute atomic E-state index is 0.182. The van der Waals surface area contributed by atoms with E-state index in [-0.39, 0.29) is 11.8 Å². The van der Waals surface area contributed by atoms with E-state index in [1.165, 1.54) is 6.42 Å². The zero-order valence-electron chi connectivity index (χ0n) is 7.40. The Balaban J connectivity index is 1.94. The second-order valence-corrected chi connectivity index (χ2v) is 5.28. The van der Waals surface area contributed by atoms with Gasteiger partial charge in [0.15, 0.2) is 0 Å². The summed E-state index contributed by atoms with van der Waals surface area (Å²) in [6, 6.07) is 0. The van der Waals surface area contributed by atoms with Crippen molar-refractivity contribution in [2.45, 2.75) is 19.3 Å². The van der Waals surface area contributed by atoms with Gasteiger partial charge in [-0.05, 0) is 30.1 Å². The van der Waals surface area contributed by atoms with Crippen molar-refractivity contribution in [3.05, 3.63) is 0 Å². The van der Waals surface area contributed by atoms with Crippen LogP contribution in [0.2, 0.25) is 0 Å². The van der Waals surface area contributed by atoms with E-state index >= 15 is 0 Å². The molecule has 0 amide bonds. The molecule has 68 valence electrons. The molecule has 13 heavy (non-hydrogen) atoms. The molecule has 4 rings (SSSR count). The molecule has 0 aromatic rings. The molecule has 6 atom stereocenters. The van der Waals surface area contributed by atoms with E-state index in [0.717, 1.165) is 12.8 Å². The highest BCUT2D eigenvalue weighted by Gasteiger charge is 2.69. The van der Waals surface area contributed by atoms with Crippen LogP contribution in [-0.2, 0) is 9.59 Å². The quantitative estimate of drug-likeness (QED) is 0.552. The van der Waals surface area contributed by atoms with Crippen LogP contribution in [0.5, 0.6) is 0 Å². The van der Waals surface area contributed by atoms with Gasteiger partial charge in [-0.25, -0.2) is 0 Å². The van der Waals surface area contributed by atoms with Crippen LogP contribution in [-0.4, -0.2) is 11.6 Å². The largest absolute Gasteiger partial charge is 0.299 e. The molecule has 2 nitrogen and oxygen atoms in total. The van der Waals surface area contributed by atoms with Crippen LogP contribution < -0.4 is 0 Å². The third-order valence-corrected chi connectivity index (χ3v) is 5.12. The van der Waals surface area contributed by atoms with Crippen LogP contribution in [0, 0.1) is 35.5 Å². The third kappa shape index (κ3) is 0.527. The summed E-state index contributed by atoms with van der Waals surface area (Å²) < 4.78 is 0. The summed E-state index contributed by atoms with van der Waals surface area (Å²) in [4.78, 5) is 23.4. The molecule has 0 radical (unpaired) electrons. The van der Waals surface area contributed by atoms with E-state index in [2.05, 4.69) is 0 Å². The van der Waals surface area contributed by atoms with Gasteiger partial charge in [0.2, 0.25) is 0 Å². The number of fused-ring (bicyclic) bond motifs is 2. The Morgan fingerprint density at radius 2 is 1.23 bits per heavy atom. The van der Waals surface area contributed by atoms with E-state index in [0.29, 0.717) is 35.2 Å². The van der Waals surface area contributed by atoms with Gasteiger partial charge in [-0.3, -0.25) is 9.59 Å². The molecule has 4 aliphatic carbocycles. The van der Waals surface area contributed by atoms with Crippen molar-refractivity contribution in [2.24, 2.45) is 35.5 Å². The van der Waals surface area contributed by atoms with Gasteiger partial charge in [0.25, 0.3) is 0 Å². The zero-order valence-corrected chi connectivity index (χ0v) is 7.40. The molecule has 0 saturated heterocycles. The molecule has 0 aliphatic heterocycles. The van der Waals surface area contributed by atoms with Gasteiger partial charge in [-0.1, -0.05) is 0 Å². The summed E-state index contributed by atoms with van der Waals surface area (Å²) in [5, 5.41) is 0. The van der Waals surface area contributed by atoms with Gasteiger partial charge in [0, 0.05) is 24.7 Å². The van der Waals surface area contributed by atoms with Crippen molar-refractivity contribution in [2.75, 3.05) is 0 Å². The van der Waals surface area contributed by atoms with Gasteiger partial charge in [0.05, 0.1) is 0 Å². The second-order valence-electron chi connectivity index (χ2n) is 5.28. The van der Waals surface area contributed by atoms with Gasteiger partial charge in [-0.15, -0.1) is 0 Å². The van der Waals surface area contributed by atoms with Crippen LogP contribution in [0.3, 0.4) is 0 Å². The Kier molecular flexibility index (Phi) is 0.907. The monoisotopic (exact) mass is 176 g/mol. The van der Waals surface area contributed by atoms with Gasteiger partial charge in [-0.2, -0.15) is 0 Å². The first-order valence-electron chi connectivity index (χ1n) is 5.33. The van der Waals surface area contributed by atoms with Crippen molar-refractivity contribution < 1.29 is 9.59 Å². The maximum Gasteiger partial charge on any atom is 0.137 e. The normalized spacial score (nSPS) is 61.2. The first-order chi connectivity index (χ1) is 6.27. The van der Waals surface area contributed by atoms with Gasteiger partial charge in [0.1, 0.15) is 11.6 Å². The average molecular weight is 176 g/mol. The van der Waals surface area contributed by atoms with E-state index in [1.807, 2.05) is 0 Å². The summed E-state index contributed by atoms with van der Waals surface area (Å²) >= 11 is 0. The SMILES string of the molecule is O=C1C[C@@H]2[C@H]3CC(=O)[C@H]4[C@H]3C[C@H]2[C@H]14. The van der Waals surface area contributed by atoms with E-state index in [9.17, 15) is 9.59 Å². The number of hydrogen-bond acceptors (Lipinski definition) is 2. The maximum atomic E-state index is 11.7. The standard InChI is InChI=1S/C11H12O2/c12-8-2-4-5-3-9(13)11-7(5)1-6(4)10(8)11/h4-7,10-11H,1-3H2/t4-,5-,6-,7+,10-,11-/m1/s1. The molecule has 0 spiro atoms. The highest BCUT2D eigenvalue weighted by atomic mass is 16.1. The predicted octanol–water partition coefficient (Wildman–Crippen LogP) is 1.05. The smallest absolute Gasteiger partial charge is 0.137 e. The molecule has 4 fully saturated rings. The summed E-state index contributed by atoms with van der Waals surface area (Å²) in [7, 11) is 0. The number of carbonyl (C=O) groups is 2. The Bertz CT molecular complexity index is 297. The highest BCUT2D eigenvalue weighted by molar-refractivity contribution is 5.96. The number of hydrogen-bond donors (Lipinski definition) is 0. The lowest BCUT2D eigenvalue weighted by Gasteiger charge is -2.22. The predicted molar refractivity (Wildman–Crippen MR) is 44.8 cm³/mol. The molecular formula is C11H12O2. The average Bonchev–Trinajstić information content (AvgIpc) is 2.67. The molecule has 0 N–H and O–H groups in total. The Morgan fingerprint density at radius 3 is 1.69 bits per heavy atom. The lowest BCUT2D eigenvalue weighted by molar-refractivity contribution is -0.129. The number of carbonyl (C=O) groups excluding carboxylic acids is 2. The first kappa shape index (κ1) is 6.74. The topological polar surface area (TPSA) is 34.1 Å². The minimum Gasteiger partial charge on any atom is -0.299 e. The van der Waals surface area contributed by atoms with Crippen molar-refractivity contribution in [1.82, 2.24) is 0 Å². The van der Waals surface area contributed by atoms with Crippen LogP contribution in [0.15, 0.2) is 0 Å². The van der Waals surface area contributed by atoms with Crippen molar-refractivity contribution in [3.63, 3.8) is 0 Å². The van der Waals surface area contributed by atoms with E-state index in [4.69, 9.17) is 0 Å². The van der Waals surface area contributed by atoms with Crippen LogP contribution in [0.1, 0.15) is 19.3 Å². The molecule has 0 unspecified atom stereocenters. The van der Waals surface area contributed by atoms with Crippen LogP contribution >= 0.6 is 0 Å². The molecule has 0 aromatic carbocycles. The van der Waals surface area contributed by atoms with Crippen LogP contribution in [0.4, 0.5) is 0 Å². The highest BCUT2D eigenvalue weighted by Crippen LogP contribution is 2.68. The van der Waals surface area contributed by atoms with Gasteiger partial charge >= 0.3 is 0 Å². The Morgan fingerprint density at radius 1 is 0.769 bits per heavy atom. The number of ketones is 2. The first-order valence-corrected chi connectivity index (χ1v) is 5.33. The Labute approximate surface area is 76.7 Å².